The minimum atomic E-state index is -0.209. The van der Waals surface area contributed by atoms with E-state index in [0.29, 0.717) is 6.54 Å². The molecular formula is C14H18N4OS. The molecule has 0 radical (unpaired) electrons. The van der Waals surface area contributed by atoms with Crippen LogP contribution >= 0.6 is 11.3 Å². The van der Waals surface area contributed by atoms with Gasteiger partial charge in [-0.2, -0.15) is 0 Å². The third-order valence-corrected chi connectivity index (χ3v) is 3.86. The molecule has 1 atom stereocenters. The summed E-state index contributed by atoms with van der Waals surface area (Å²) in [7, 11) is 4.01. The van der Waals surface area contributed by atoms with Crippen molar-refractivity contribution < 1.29 is 4.79 Å². The fourth-order valence-corrected chi connectivity index (χ4v) is 2.74. The van der Waals surface area contributed by atoms with Crippen LogP contribution in [-0.4, -0.2) is 36.6 Å². The van der Waals surface area contributed by atoms with E-state index in [9.17, 15) is 4.79 Å². The maximum atomic E-state index is 11.9. The predicted octanol–water partition coefficient (Wildman–Crippen LogP) is 2.57. The van der Waals surface area contributed by atoms with Gasteiger partial charge in [0.25, 0.3) is 0 Å². The summed E-state index contributed by atoms with van der Waals surface area (Å²) in [5.41, 5.74) is 0.732. The first-order chi connectivity index (χ1) is 9.66. The Bertz CT molecular complexity index is 527. The van der Waals surface area contributed by atoms with Gasteiger partial charge >= 0.3 is 6.03 Å². The Hall–Kier alpha value is -1.92. The van der Waals surface area contributed by atoms with Gasteiger partial charge in [0.15, 0.2) is 0 Å². The maximum absolute atomic E-state index is 11.9. The second kappa shape index (κ2) is 7.02. The largest absolute Gasteiger partial charge is 0.336 e. The van der Waals surface area contributed by atoms with Crippen molar-refractivity contribution in [3.8, 4) is 0 Å². The van der Waals surface area contributed by atoms with Gasteiger partial charge < -0.3 is 15.5 Å². The molecule has 0 aliphatic heterocycles. The Morgan fingerprint density at radius 2 is 2.10 bits per heavy atom. The molecule has 0 aromatic carbocycles. The van der Waals surface area contributed by atoms with E-state index < -0.39 is 0 Å². The smallest absolute Gasteiger partial charge is 0.319 e. The highest BCUT2D eigenvalue weighted by Crippen LogP contribution is 2.22. The number of hydrogen-bond acceptors (Lipinski definition) is 4. The molecule has 20 heavy (non-hydrogen) atoms. The number of carbonyl (C=O) groups excluding carboxylic acids is 1. The Morgan fingerprint density at radius 3 is 2.70 bits per heavy atom. The van der Waals surface area contributed by atoms with Crippen molar-refractivity contribution in [2.75, 3.05) is 26.0 Å². The quantitative estimate of drug-likeness (QED) is 0.890. The summed E-state index contributed by atoms with van der Waals surface area (Å²) in [5, 5.41) is 7.72. The molecule has 0 fully saturated rings. The number of likely N-dealkylation sites (N-methyl/N-ethyl adjacent to an activating group) is 1. The number of nitrogens with zero attached hydrogens (tertiary/aromatic N) is 2. The summed E-state index contributed by atoms with van der Waals surface area (Å²) < 4.78 is 0. The molecule has 2 amide bonds. The van der Waals surface area contributed by atoms with Crippen LogP contribution in [0.25, 0.3) is 0 Å². The summed E-state index contributed by atoms with van der Waals surface area (Å²) in [6, 6.07) is 7.58. The van der Waals surface area contributed by atoms with E-state index in [-0.39, 0.29) is 12.1 Å². The highest BCUT2D eigenvalue weighted by atomic mass is 32.1. The fraction of sp³-hybridized carbons (Fsp3) is 0.286. The van der Waals surface area contributed by atoms with E-state index in [1.807, 2.05) is 25.5 Å². The van der Waals surface area contributed by atoms with Gasteiger partial charge in [0.1, 0.15) is 0 Å². The Labute approximate surface area is 122 Å². The third-order valence-electron chi connectivity index (χ3n) is 2.89. The van der Waals surface area contributed by atoms with Crippen LogP contribution in [0.5, 0.6) is 0 Å². The first-order valence-corrected chi connectivity index (χ1v) is 7.19. The molecule has 6 heteroatoms. The lowest BCUT2D eigenvalue weighted by molar-refractivity contribution is 0.244. The van der Waals surface area contributed by atoms with Crippen LogP contribution in [0.15, 0.2) is 42.0 Å². The highest BCUT2D eigenvalue weighted by molar-refractivity contribution is 7.10. The number of thiophene rings is 1. The molecule has 106 valence electrons. The molecule has 0 unspecified atom stereocenters. The van der Waals surface area contributed by atoms with Crippen LogP contribution in [-0.2, 0) is 0 Å². The number of nitrogens with one attached hydrogen (secondary N) is 2. The van der Waals surface area contributed by atoms with E-state index in [1.54, 1.807) is 35.9 Å². The number of anilines is 1. The van der Waals surface area contributed by atoms with Gasteiger partial charge in [0, 0.05) is 29.5 Å². The molecule has 0 aliphatic carbocycles. The summed E-state index contributed by atoms with van der Waals surface area (Å²) in [6.45, 7) is 0.560. The zero-order valence-electron chi connectivity index (χ0n) is 11.5. The summed E-state index contributed by atoms with van der Waals surface area (Å²) in [6.07, 6.45) is 3.29. The number of urea groups is 1. The average molecular weight is 290 g/mol. The van der Waals surface area contributed by atoms with Crippen molar-refractivity contribution in [2.45, 2.75) is 6.04 Å². The molecule has 2 aromatic rings. The van der Waals surface area contributed by atoms with E-state index in [0.717, 1.165) is 5.69 Å². The molecule has 2 heterocycles. The van der Waals surface area contributed by atoms with E-state index in [4.69, 9.17) is 0 Å². The molecule has 0 spiro atoms. The Kier molecular flexibility index (Phi) is 5.09. The topological polar surface area (TPSA) is 57.3 Å². The average Bonchev–Trinajstić information content (AvgIpc) is 2.93. The van der Waals surface area contributed by atoms with Crippen molar-refractivity contribution >= 4 is 23.1 Å². The van der Waals surface area contributed by atoms with Crippen molar-refractivity contribution in [1.82, 2.24) is 15.2 Å². The summed E-state index contributed by atoms with van der Waals surface area (Å²) in [4.78, 5) is 19.1. The zero-order valence-corrected chi connectivity index (χ0v) is 12.4. The lowest BCUT2D eigenvalue weighted by atomic mass is 10.2. The van der Waals surface area contributed by atoms with Crippen molar-refractivity contribution in [1.29, 1.82) is 0 Å². The lowest BCUT2D eigenvalue weighted by Gasteiger charge is -2.23. The van der Waals surface area contributed by atoms with Gasteiger partial charge in [0.05, 0.1) is 6.04 Å². The molecule has 0 saturated carbocycles. The van der Waals surface area contributed by atoms with Crippen LogP contribution in [0.4, 0.5) is 10.5 Å². The zero-order chi connectivity index (χ0) is 14.4. The molecule has 2 aromatic heterocycles. The first-order valence-electron chi connectivity index (χ1n) is 6.31. The molecule has 2 N–H and O–H groups in total. The van der Waals surface area contributed by atoms with Gasteiger partial charge in [-0.25, -0.2) is 4.79 Å². The van der Waals surface area contributed by atoms with Crippen LogP contribution in [0.2, 0.25) is 0 Å². The van der Waals surface area contributed by atoms with Crippen LogP contribution in [0.3, 0.4) is 0 Å². The fourth-order valence-electron chi connectivity index (χ4n) is 1.82. The van der Waals surface area contributed by atoms with Crippen molar-refractivity contribution in [3.05, 3.63) is 46.9 Å². The van der Waals surface area contributed by atoms with Gasteiger partial charge in [-0.3, -0.25) is 4.98 Å². The highest BCUT2D eigenvalue weighted by Gasteiger charge is 2.16. The molecule has 5 nitrogen and oxygen atoms in total. The number of pyridine rings is 1. The lowest BCUT2D eigenvalue weighted by Crippen LogP contribution is -2.36. The number of amides is 2. The number of hydrogen-bond donors (Lipinski definition) is 2. The SMILES string of the molecule is CN(C)[C@@H](CNC(=O)Nc1ccncc1)c1cccs1. The van der Waals surface area contributed by atoms with E-state index >= 15 is 0 Å². The molecule has 0 aliphatic rings. The van der Waals surface area contributed by atoms with Crippen molar-refractivity contribution in [2.24, 2.45) is 0 Å². The standard InChI is InChI=1S/C14H18N4OS/c1-18(2)12(13-4-3-9-20-13)10-16-14(19)17-11-5-7-15-8-6-11/h3-9,12H,10H2,1-2H3,(H2,15,16,17,19)/t12-/m0/s1. The van der Waals surface area contributed by atoms with Gasteiger partial charge in [0.2, 0.25) is 0 Å². The second-order valence-corrected chi connectivity index (χ2v) is 5.55. The molecule has 2 rings (SSSR count). The summed E-state index contributed by atoms with van der Waals surface area (Å²) >= 11 is 1.69. The predicted molar refractivity (Wildman–Crippen MR) is 82.0 cm³/mol. The summed E-state index contributed by atoms with van der Waals surface area (Å²) in [5.74, 6) is 0. The number of carbonyl (C=O) groups is 1. The molecule has 0 bridgehead atoms. The number of rotatable bonds is 5. The minimum Gasteiger partial charge on any atom is -0.336 e. The van der Waals surface area contributed by atoms with Gasteiger partial charge in [-0.15, -0.1) is 11.3 Å². The van der Waals surface area contributed by atoms with Gasteiger partial charge in [-0.1, -0.05) is 6.07 Å². The van der Waals surface area contributed by atoms with Crippen molar-refractivity contribution in [3.63, 3.8) is 0 Å². The van der Waals surface area contributed by atoms with E-state index in [2.05, 4.69) is 26.6 Å². The van der Waals surface area contributed by atoms with E-state index in [1.165, 1.54) is 4.88 Å². The Morgan fingerprint density at radius 1 is 1.35 bits per heavy atom. The normalized spacial score (nSPS) is 12.2. The monoisotopic (exact) mass is 290 g/mol. The van der Waals surface area contributed by atoms with Crippen LogP contribution in [0, 0.1) is 0 Å². The maximum Gasteiger partial charge on any atom is 0.319 e. The molecular weight excluding hydrogens is 272 g/mol. The Balaban J connectivity index is 1.88. The third kappa shape index (κ3) is 4.04. The molecule has 0 saturated heterocycles. The second-order valence-electron chi connectivity index (χ2n) is 4.57. The van der Waals surface area contributed by atoms with Gasteiger partial charge in [-0.05, 0) is 37.7 Å². The first kappa shape index (κ1) is 14.5. The number of aromatic nitrogens is 1. The van der Waals surface area contributed by atoms with Crippen LogP contribution in [0.1, 0.15) is 10.9 Å². The van der Waals surface area contributed by atoms with Crippen LogP contribution < -0.4 is 10.6 Å². The minimum absolute atomic E-state index is 0.179.